The molecule has 0 aromatic rings. The Bertz CT molecular complexity index is 159. The number of rotatable bonds is 6. The summed E-state index contributed by atoms with van der Waals surface area (Å²) in [5, 5.41) is 11.8. The average molecular weight is 257 g/mol. The van der Waals surface area contributed by atoms with Gasteiger partial charge in [-0.2, -0.15) is 0 Å². The van der Waals surface area contributed by atoms with Crippen molar-refractivity contribution in [2.24, 2.45) is 5.92 Å². The Morgan fingerprint density at radius 1 is 1.00 bits per heavy atom. The highest BCUT2D eigenvalue weighted by atomic mass is 16.2. The second-order valence-corrected chi connectivity index (χ2v) is 5.61. The number of nitrogens with one attached hydrogen (secondary N) is 1. The van der Waals surface area contributed by atoms with E-state index in [1.165, 1.54) is 51.5 Å². The summed E-state index contributed by atoms with van der Waals surface area (Å²) in [4.78, 5) is 0. The molecule has 0 radical (unpaired) electrons. The topological polar surface area (TPSA) is 32.3 Å². The molecule has 18 heavy (non-hydrogen) atoms. The van der Waals surface area contributed by atoms with Crippen LogP contribution in [0.1, 0.15) is 78.6 Å². The molecule has 2 N–H and O–H groups in total. The summed E-state index contributed by atoms with van der Waals surface area (Å²) in [6, 6.07) is 0.814. The fourth-order valence-electron chi connectivity index (χ4n) is 2.42. The maximum Gasteiger partial charge on any atom is 0.0430 e. The van der Waals surface area contributed by atoms with Crippen LogP contribution in [0.2, 0.25) is 0 Å². The first-order chi connectivity index (χ1) is 8.76. The quantitative estimate of drug-likeness (QED) is 0.554. The van der Waals surface area contributed by atoms with Crippen molar-refractivity contribution >= 4 is 0 Å². The molecule has 0 aliphatic heterocycles. The maximum atomic E-state index is 8.07. The Kier molecular flexibility index (Phi) is 13.3. The third-order valence-corrected chi connectivity index (χ3v) is 3.81. The summed E-state index contributed by atoms with van der Waals surface area (Å²) in [6.07, 6.45) is 11.9. The van der Waals surface area contributed by atoms with Crippen LogP contribution >= 0.6 is 0 Å². The van der Waals surface area contributed by atoms with Gasteiger partial charge in [-0.25, -0.2) is 0 Å². The molecule has 0 amide bonds. The fourth-order valence-corrected chi connectivity index (χ4v) is 2.42. The van der Waals surface area contributed by atoms with E-state index in [-0.39, 0.29) is 0 Å². The van der Waals surface area contributed by atoms with Crippen LogP contribution in [0.15, 0.2) is 0 Å². The van der Waals surface area contributed by atoms with Crippen LogP contribution in [-0.4, -0.2) is 24.3 Å². The highest BCUT2D eigenvalue weighted by Crippen LogP contribution is 2.22. The number of aliphatic hydroxyl groups excluding tert-OH is 1. The molecular weight excluding hydrogens is 222 g/mol. The third kappa shape index (κ3) is 9.90. The predicted octanol–water partition coefficient (Wildman–Crippen LogP) is 4.12. The largest absolute Gasteiger partial charge is 0.396 e. The summed E-state index contributed by atoms with van der Waals surface area (Å²) in [7, 11) is 0. The molecule has 0 heterocycles. The lowest BCUT2D eigenvalue weighted by Crippen LogP contribution is -2.34. The zero-order valence-electron chi connectivity index (χ0n) is 12.9. The van der Waals surface area contributed by atoms with Crippen molar-refractivity contribution in [1.29, 1.82) is 0 Å². The Morgan fingerprint density at radius 2 is 1.67 bits per heavy atom. The van der Waals surface area contributed by atoms with Gasteiger partial charge < -0.3 is 10.4 Å². The Balaban J connectivity index is 0.000000494. The minimum absolute atomic E-state index is 0.344. The van der Waals surface area contributed by atoms with E-state index in [0.717, 1.165) is 24.8 Å². The van der Waals surface area contributed by atoms with Gasteiger partial charge in [-0.1, -0.05) is 52.9 Å². The van der Waals surface area contributed by atoms with Crippen molar-refractivity contribution in [3.63, 3.8) is 0 Å². The van der Waals surface area contributed by atoms with Gasteiger partial charge in [0.15, 0.2) is 0 Å². The number of hydrogen-bond donors (Lipinski definition) is 2. The van der Waals surface area contributed by atoms with Gasteiger partial charge in [0.1, 0.15) is 0 Å². The van der Waals surface area contributed by atoms with Crippen molar-refractivity contribution in [1.82, 2.24) is 5.32 Å². The molecule has 1 fully saturated rings. The van der Waals surface area contributed by atoms with Crippen LogP contribution in [-0.2, 0) is 0 Å². The predicted molar refractivity (Wildman–Crippen MR) is 80.9 cm³/mol. The highest BCUT2D eigenvalue weighted by Gasteiger charge is 2.18. The second kappa shape index (κ2) is 13.4. The molecule has 0 aromatic carbocycles. The van der Waals surface area contributed by atoms with Crippen LogP contribution < -0.4 is 5.32 Å². The van der Waals surface area contributed by atoms with Crippen LogP contribution in [0.5, 0.6) is 0 Å². The molecule has 1 rings (SSSR count). The molecule has 2 unspecified atom stereocenters. The SMILES string of the molecule is CCCCNC1CCCCCC1C.CCCCO. The zero-order chi connectivity index (χ0) is 13.6. The lowest BCUT2D eigenvalue weighted by Gasteiger charge is -2.22. The molecule has 0 spiro atoms. The monoisotopic (exact) mass is 257 g/mol. The summed E-state index contributed by atoms with van der Waals surface area (Å²) >= 11 is 0. The number of aliphatic hydroxyl groups is 1. The van der Waals surface area contributed by atoms with Gasteiger partial charge >= 0.3 is 0 Å². The van der Waals surface area contributed by atoms with Crippen molar-refractivity contribution in [2.75, 3.05) is 13.2 Å². The summed E-state index contributed by atoms with van der Waals surface area (Å²) < 4.78 is 0. The van der Waals surface area contributed by atoms with E-state index < -0.39 is 0 Å². The van der Waals surface area contributed by atoms with E-state index >= 15 is 0 Å². The Morgan fingerprint density at radius 3 is 2.22 bits per heavy atom. The molecule has 0 aromatic heterocycles. The van der Waals surface area contributed by atoms with E-state index in [4.69, 9.17) is 5.11 Å². The van der Waals surface area contributed by atoms with E-state index in [1.807, 2.05) is 0 Å². The Hall–Kier alpha value is -0.0800. The van der Waals surface area contributed by atoms with Gasteiger partial charge in [0.25, 0.3) is 0 Å². The van der Waals surface area contributed by atoms with Crippen LogP contribution in [0.4, 0.5) is 0 Å². The first-order valence-electron chi connectivity index (χ1n) is 8.10. The summed E-state index contributed by atoms with van der Waals surface area (Å²) in [5.74, 6) is 0.902. The van der Waals surface area contributed by atoms with Crippen molar-refractivity contribution in [3.8, 4) is 0 Å². The van der Waals surface area contributed by atoms with Crippen molar-refractivity contribution in [2.45, 2.75) is 84.6 Å². The molecule has 1 aliphatic carbocycles. The molecule has 110 valence electrons. The minimum atomic E-state index is 0.344. The Labute approximate surface area is 115 Å². The van der Waals surface area contributed by atoms with E-state index in [9.17, 15) is 0 Å². The lowest BCUT2D eigenvalue weighted by molar-refractivity contribution is 0.287. The maximum absolute atomic E-state index is 8.07. The molecule has 2 nitrogen and oxygen atoms in total. The summed E-state index contributed by atoms with van der Waals surface area (Å²) in [5.41, 5.74) is 0. The van der Waals surface area contributed by atoms with Gasteiger partial charge in [0, 0.05) is 12.6 Å². The molecule has 2 atom stereocenters. The van der Waals surface area contributed by atoms with E-state index in [1.54, 1.807) is 0 Å². The van der Waals surface area contributed by atoms with E-state index in [2.05, 4.69) is 26.1 Å². The highest BCUT2D eigenvalue weighted by molar-refractivity contribution is 4.76. The van der Waals surface area contributed by atoms with Crippen LogP contribution in [0, 0.1) is 5.92 Å². The average Bonchev–Trinajstić information content (AvgIpc) is 2.57. The van der Waals surface area contributed by atoms with Gasteiger partial charge in [0.2, 0.25) is 0 Å². The van der Waals surface area contributed by atoms with Crippen LogP contribution in [0.25, 0.3) is 0 Å². The lowest BCUT2D eigenvalue weighted by atomic mass is 9.97. The molecule has 1 saturated carbocycles. The van der Waals surface area contributed by atoms with Crippen molar-refractivity contribution < 1.29 is 5.11 Å². The number of unbranched alkanes of at least 4 members (excludes halogenated alkanes) is 2. The van der Waals surface area contributed by atoms with Gasteiger partial charge in [0.05, 0.1) is 0 Å². The van der Waals surface area contributed by atoms with Gasteiger partial charge in [-0.15, -0.1) is 0 Å². The molecular formula is C16H35NO. The van der Waals surface area contributed by atoms with Crippen molar-refractivity contribution in [3.05, 3.63) is 0 Å². The fraction of sp³-hybridized carbons (Fsp3) is 1.00. The van der Waals surface area contributed by atoms with Crippen LogP contribution in [0.3, 0.4) is 0 Å². The first kappa shape index (κ1) is 17.9. The number of hydrogen-bond acceptors (Lipinski definition) is 2. The van der Waals surface area contributed by atoms with E-state index in [0.29, 0.717) is 6.61 Å². The first-order valence-corrected chi connectivity index (χ1v) is 8.10. The van der Waals surface area contributed by atoms with Gasteiger partial charge in [-0.05, 0) is 38.1 Å². The smallest absolute Gasteiger partial charge is 0.0430 e. The standard InChI is InChI=1S/C12H25N.C4H10O/c1-3-4-10-13-12-9-7-5-6-8-11(12)2;1-2-3-4-5/h11-13H,3-10H2,1-2H3;5H,2-4H2,1H3. The molecule has 1 aliphatic rings. The normalized spacial score (nSPS) is 24.0. The minimum Gasteiger partial charge on any atom is -0.396 e. The zero-order valence-corrected chi connectivity index (χ0v) is 12.9. The summed E-state index contributed by atoms with van der Waals surface area (Å²) in [6.45, 7) is 8.30. The second-order valence-electron chi connectivity index (χ2n) is 5.61. The third-order valence-electron chi connectivity index (χ3n) is 3.81. The van der Waals surface area contributed by atoms with Gasteiger partial charge in [-0.3, -0.25) is 0 Å². The molecule has 0 saturated heterocycles. The molecule has 2 heteroatoms. The molecule has 0 bridgehead atoms.